The zero-order valence-electron chi connectivity index (χ0n) is 15.6. The molecule has 2 amide bonds. The summed E-state index contributed by atoms with van der Waals surface area (Å²) in [7, 11) is 0. The first-order chi connectivity index (χ1) is 12.6. The third kappa shape index (κ3) is 5.09. The fourth-order valence-electron chi connectivity index (χ4n) is 3.48. The van der Waals surface area contributed by atoms with E-state index >= 15 is 0 Å². The Hall–Kier alpha value is -2.33. The average Bonchev–Trinajstić information content (AvgIpc) is 2.69. The molecule has 2 aromatic rings. The molecule has 0 saturated carbocycles. The Kier molecular flexibility index (Phi) is 6.29. The summed E-state index contributed by atoms with van der Waals surface area (Å²) in [6, 6.07) is 16.9. The Morgan fingerprint density at radius 3 is 2.19 bits per heavy atom. The highest BCUT2D eigenvalue weighted by molar-refractivity contribution is 5.74. The lowest BCUT2D eigenvalue weighted by atomic mass is 9.90. The minimum Gasteiger partial charge on any atom is -0.334 e. The van der Waals surface area contributed by atoms with E-state index in [2.05, 4.69) is 36.5 Å². The van der Waals surface area contributed by atoms with Gasteiger partial charge in [-0.15, -0.1) is 0 Å². The van der Waals surface area contributed by atoms with Gasteiger partial charge >= 0.3 is 6.03 Å². The molecule has 0 aliphatic carbocycles. The van der Waals surface area contributed by atoms with E-state index in [-0.39, 0.29) is 6.03 Å². The first kappa shape index (κ1) is 18.5. The van der Waals surface area contributed by atoms with Crippen molar-refractivity contribution in [2.24, 2.45) is 11.7 Å². The summed E-state index contributed by atoms with van der Waals surface area (Å²) < 4.78 is 0. The first-order valence-electron chi connectivity index (χ1n) is 9.50. The predicted molar refractivity (Wildman–Crippen MR) is 106 cm³/mol. The van der Waals surface area contributed by atoms with Crippen LogP contribution in [0.2, 0.25) is 0 Å². The number of hydrogen-bond acceptors (Lipinski definition) is 2. The molecule has 1 aliphatic rings. The van der Waals surface area contributed by atoms with Crippen molar-refractivity contribution in [1.29, 1.82) is 0 Å². The number of urea groups is 1. The molecule has 0 bridgehead atoms. The lowest BCUT2D eigenvalue weighted by Gasteiger charge is -2.32. The Morgan fingerprint density at radius 2 is 1.58 bits per heavy atom. The van der Waals surface area contributed by atoms with Crippen molar-refractivity contribution in [2.75, 3.05) is 13.1 Å². The van der Waals surface area contributed by atoms with Crippen molar-refractivity contribution in [3.8, 4) is 0 Å². The summed E-state index contributed by atoms with van der Waals surface area (Å²) >= 11 is 0. The van der Waals surface area contributed by atoms with Crippen molar-refractivity contribution in [1.82, 2.24) is 10.2 Å². The number of carbonyl (C=O) groups excluding carboxylic acids is 1. The van der Waals surface area contributed by atoms with E-state index in [9.17, 15) is 4.79 Å². The fraction of sp³-hybridized carbons (Fsp3) is 0.409. The number of nitrogens with zero attached hydrogens (tertiary/aromatic N) is 1. The average molecular weight is 351 g/mol. The quantitative estimate of drug-likeness (QED) is 0.864. The summed E-state index contributed by atoms with van der Waals surface area (Å²) in [6.07, 6.45) is 3.27. The molecule has 4 heteroatoms. The van der Waals surface area contributed by atoms with Crippen LogP contribution in [-0.4, -0.2) is 24.0 Å². The molecule has 0 radical (unpaired) electrons. The third-order valence-electron chi connectivity index (χ3n) is 5.25. The highest BCUT2D eigenvalue weighted by Crippen LogP contribution is 2.22. The fourth-order valence-corrected chi connectivity index (χ4v) is 3.48. The third-order valence-corrected chi connectivity index (χ3v) is 5.25. The van der Waals surface area contributed by atoms with Crippen molar-refractivity contribution in [3.05, 3.63) is 70.8 Å². The number of piperidine rings is 1. The van der Waals surface area contributed by atoms with Crippen LogP contribution in [0.1, 0.15) is 35.1 Å². The van der Waals surface area contributed by atoms with E-state index in [0.29, 0.717) is 19.0 Å². The van der Waals surface area contributed by atoms with Crippen molar-refractivity contribution in [3.63, 3.8) is 0 Å². The first-order valence-corrected chi connectivity index (χ1v) is 9.50. The van der Waals surface area contributed by atoms with E-state index in [0.717, 1.165) is 43.5 Å². The van der Waals surface area contributed by atoms with Crippen molar-refractivity contribution < 1.29 is 4.79 Å². The number of nitrogens with two attached hydrogens (primary N) is 1. The van der Waals surface area contributed by atoms with Crippen molar-refractivity contribution >= 4 is 6.03 Å². The standard InChI is InChI=1S/C22H29N3O/c1-17-2-4-18(5-3-17)14-19-10-12-25(13-11-19)22(26)24-16-21-8-6-20(15-23)7-9-21/h2-9,19H,10-16,23H2,1H3,(H,24,26). The van der Waals surface area contributed by atoms with Crippen LogP contribution in [0.3, 0.4) is 0 Å². The van der Waals surface area contributed by atoms with E-state index in [1.807, 2.05) is 29.2 Å². The van der Waals surface area contributed by atoms with Gasteiger partial charge in [-0.3, -0.25) is 0 Å². The van der Waals surface area contributed by atoms with Crippen LogP contribution < -0.4 is 11.1 Å². The van der Waals surface area contributed by atoms with Gasteiger partial charge in [0, 0.05) is 26.2 Å². The molecule has 2 aromatic carbocycles. The molecule has 3 rings (SSSR count). The molecule has 0 aromatic heterocycles. The van der Waals surface area contributed by atoms with Crippen LogP contribution in [0.4, 0.5) is 4.79 Å². The highest BCUT2D eigenvalue weighted by atomic mass is 16.2. The second-order valence-electron chi connectivity index (χ2n) is 7.30. The van der Waals surface area contributed by atoms with Crippen LogP contribution >= 0.6 is 0 Å². The molecule has 138 valence electrons. The maximum Gasteiger partial charge on any atom is 0.317 e. The van der Waals surface area contributed by atoms with Crippen LogP contribution in [0.5, 0.6) is 0 Å². The molecule has 1 aliphatic heterocycles. The number of nitrogens with one attached hydrogen (secondary N) is 1. The highest BCUT2D eigenvalue weighted by Gasteiger charge is 2.22. The van der Waals surface area contributed by atoms with Gasteiger partial charge < -0.3 is 16.0 Å². The maximum absolute atomic E-state index is 12.4. The summed E-state index contributed by atoms with van der Waals surface area (Å²) in [5.74, 6) is 0.672. The van der Waals surface area contributed by atoms with Crippen LogP contribution in [0.15, 0.2) is 48.5 Å². The molecule has 4 nitrogen and oxygen atoms in total. The number of amides is 2. The second kappa shape index (κ2) is 8.86. The molecule has 0 unspecified atom stereocenters. The monoisotopic (exact) mass is 351 g/mol. The maximum atomic E-state index is 12.4. The number of benzene rings is 2. The Balaban J connectivity index is 1.42. The van der Waals surface area contributed by atoms with Crippen LogP contribution in [0.25, 0.3) is 0 Å². The van der Waals surface area contributed by atoms with Gasteiger partial charge in [-0.2, -0.15) is 0 Å². The Labute approximate surface area is 156 Å². The smallest absolute Gasteiger partial charge is 0.317 e. The summed E-state index contributed by atoms with van der Waals surface area (Å²) in [4.78, 5) is 14.3. The number of rotatable bonds is 5. The lowest BCUT2D eigenvalue weighted by Crippen LogP contribution is -2.44. The molecular weight excluding hydrogens is 322 g/mol. The predicted octanol–water partition coefficient (Wildman–Crippen LogP) is 3.62. The van der Waals surface area contributed by atoms with E-state index in [1.165, 1.54) is 11.1 Å². The summed E-state index contributed by atoms with van der Waals surface area (Å²) in [6.45, 7) is 4.91. The van der Waals surface area contributed by atoms with Gasteiger partial charge in [-0.05, 0) is 48.8 Å². The van der Waals surface area contributed by atoms with E-state index < -0.39 is 0 Å². The second-order valence-corrected chi connectivity index (χ2v) is 7.30. The number of carbonyl (C=O) groups is 1. The largest absolute Gasteiger partial charge is 0.334 e. The van der Waals surface area contributed by atoms with E-state index in [4.69, 9.17) is 5.73 Å². The van der Waals surface area contributed by atoms with E-state index in [1.54, 1.807) is 0 Å². The van der Waals surface area contributed by atoms with Gasteiger partial charge in [0.15, 0.2) is 0 Å². The molecule has 0 atom stereocenters. The minimum absolute atomic E-state index is 0.0432. The molecule has 1 saturated heterocycles. The van der Waals surface area contributed by atoms with Crippen molar-refractivity contribution in [2.45, 2.75) is 39.3 Å². The normalized spacial score (nSPS) is 15.1. The van der Waals surface area contributed by atoms with Gasteiger partial charge in [0.05, 0.1) is 0 Å². The topological polar surface area (TPSA) is 58.4 Å². The van der Waals surface area contributed by atoms with Gasteiger partial charge in [0.1, 0.15) is 0 Å². The minimum atomic E-state index is 0.0432. The Bertz CT molecular complexity index is 701. The number of likely N-dealkylation sites (tertiary alicyclic amines) is 1. The summed E-state index contributed by atoms with van der Waals surface area (Å²) in [5.41, 5.74) is 10.5. The lowest BCUT2D eigenvalue weighted by molar-refractivity contribution is 0.170. The summed E-state index contributed by atoms with van der Waals surface area (Å²) in [5, 5.41) is 3.03. The van der Waals surface area contributed by atoms with Crippen LogP contribution in [-0.2, 0) is 19.5 Å². The Morgan fingerprint density at radius 1 is 1.00 bits per heavy atom. The molecule has 0 spiro atoms. The van der Waals surface area contributed by atoms with Gasteiger partial charge in [-0.25, -0.2) is 4.79 Å². The van der Waals surface area contributed by atoms with Crippen LogP contribution in [0, 0.1) is 12.8 Å². The number of aryl methyl sites for hydroxylation is 1. The SMILES string of the molecule is Cc1ccc(CC2CCN(C(=O)NCc3ccc(CN)cc3)CC2)cc1. The molecule has 1 heterocycles. The van der Waals surface area contributed by atoms with Gasteiger partial charge in [0.2, 0.25) is 0 Å². The molecular formula is C22H29N3O. The zero-order chi connectivity index (χ0) is 18.4. The molecule has 1 fully saturated rings. The van der Waals surface area contributed by atoms with Gasteiger partial charge in [-0.1, -0.05) is 54.1 Å². The molecule has 3 N–H and O–H groups in total. The number of hydrogen-bond donors (Lipinski definition) is 2. The van der Waals surface area contributed by atoms with Gasteiger partial charge in [0.25, 0.3) is 0 Å². The molecule has 26 heavy (non-hydrogen) atoms. The zero-order valence-corrected chi connectivity index (χ0v) is 15.6.